The molecule has 5 nitrogen and oxygen atoms in total. The third kappa shape index (κ3) is 5.49. The Morgan fingerprint density at radius 1 is 1.29 bits per heavy atom. The highest BCUT2D eigenvalue weighted by Gasteiger charge is 2.07. The van der Waals surface area contributed by atoms with E-state index in [0.717, 1.165) is 12.2 Å². The Morgan fingerprint density at radius 2 is 2.00 bits per heavy atom. The molecule has 0 fully saturated rings. The smallest absolute Gasteiger partial charge is 0.234 e. The molecular formula is C12H22N4O. The number of anilines is 1. The van der Waals surface area contributed by atoms with Gasteiger partial charge in [0.25, 0.3) is 0 Å². The van der Waals surface area contributed by atoms with Crippen molar-refractivity contribution < 1.29 is 4.74 Å². The van der Waals surface area contributed by atoms with E-state index in [-0.39, 0.29) is 18.2 Å². The van der Waals surface area contributed by atoms with Crippen LogP contribution in [-0.2, 0) is 0 Å². The maximum Gasteiger partial charge on any atom is 0.234 e. The lowest BCUT2D eigenvalue weighted by atomic mass is 10.1. The summed E-state index contributed by atoms with van der Waals surface area (Å²) in [7, 11) is 0. The van der Waals surface area contributed by atoms with Crippen LogP contribution in [0.5, 0.6) is 5.88 Å². The summed E-state index contributed by atoms with van der Waals surface area (Å²) in [6.45, 7) is 7.98. The van der Waals surface area contributed by atoms with Crippen LogP contribution in [0.2, 0.25) is 0 Å². The highest BCUT2D eigenvalue weighted by atomic mass is 16.5. The van der Waals surface area contributed by atoms with Crippen LogP contribution in [0.3, 0.4) is 0 Å². The molecule has 1 aromatic heterocycles. The van der Waals surface area contributed by atoms with Gasteiger partial charge in [0.1, 0.15) is 5.82 Å². The normalized spacial score (nSPS) is 14.5. The second-order valence-electron chi connectivity index (χ2n) is 4.67. The van der Waals surface area contributed by atoms with Crippen molar-refractivity contribution >= 4 is 5.82 Å². The summed E-state index contributed by atoms with van der Waals surface area (Å²) in [6, 6.07) is 0.430. The minimum Gasteiger partial charge on any atom is -0.474 e. The Hall–Kier alpha value is -1.36. The van der Waals surface area contributed by atoms with Crippen LogP contribution < -0.4 is 15.8 Å². The minimum absolute atomic E-state index is 0.0982. The molecule has 0 aromatic carbocycles. The molecule has 0 saturated heterocycles. The number of aromatic nitrogens is 2. The fraction of sp³-hybridized carbons (Fsp3) is 0.667. The number of hydrogen-bond acceptors (Lipinski definition) is 5. The van der Waals surface area contributed by atoms with Crippen molar-refractivity contribution in [2.75, 3.05) is 5.32 Å². The highest BCUT2D eigenvalue weighted by Crippen LogP contribution is 2.12. The average Bonchev–Trinajstić information content (AvgIpc) is 2.14. The van der Waals surface area contributed by atoms with Gasteiger partial charge < -0.3 is 15.8 Å². The van der Waals surface area contributed by atoms with Gasteiger partial charge in [0, 0.05) is 12.1 Å². The molecule has 0 aliphatic carbocycles. The molecule has 0 radical (unpaired) electrons. The molecule has 2 atom stereocenters. The Kier molecular flexibility index (Phi) is 5.15. The predicted octanol–water partition coefficient (Wildman–Crippen LogP) is 1.80. The van der Waals surface area contributed by atoms with E-state index in [4.69, 9.17) is 10.5 Å². The molecule has 0 aliphatic heterocycles. The summed E-state index contributed by atoms with van der Waals surface area (Å²) in [4.78, 5) is 8.41. The molecule has 1 heterocycles. The second kappa shape index (κ2) is 6.39. The fourth-order valence-corrected chi connectivity index (χ4v) is 1.58. The Balaban J connectivity index is 2.59. The molecule has 2 unspecified atom stereocenters. The molecule has 17 heavy (non-hydrogen) atoms. The summed E-state index contributed by atoms with van der Waals surface area (Å²) in [5.41, 5.74) is 5.74. The molecule has 5 heteroatoms. The van der Waals surface area contributed by atoms with E-state index in [2.05, 4.69) is 22.2 Å². The van der Waals surface area contributed by atoms with Crippen molar-refractivity contribution in [1.29, 1.82) is 0 Å². The van der Waals surface area contributed by atoms with Gasteiger partial charge in [0.15, 0.2) is 0 Å². The quantitative estimate of drug-likeness (QED) is 0.790. The molecule has 3 N–H and O–H groups in total. The van der Waals surface area contributed by atoms with E-state index < -0.39 is 0 Å². The van der Waals surface area contributed by atoms with E-state index in [1.807, 2.05) is 20.8 Å². The van der Waals surface area contributed by atoms with Gasteiger partial charge in [-0.1, -0.05) is 0 Å². The van der Waals surface area contributed by atoms with Crippen molar-refractivity contribution in [2.24, 2.45) is 5.73 Å². The van der Waals surface area contributed by atoms with Gasteiger partial charge in [0.05, 0.1) is 18.5 Å². The van der Waals surface area contributed by atoms with Crippen LogP contribution in [0.4, 0.5) is 5.82 Å². The lowest BCUT2D eigenvalue weighted by Crippen LogP contribution is -2.26. The summed E-state index contributed by atoms with van der Waals surface area (Å²) < 4.78 is 5.48. The van der Waals surface area contributed by atoms with Crippen molar-refractivity contribution in [2.45, 2.75) is 52.3 Å². The Labute approximate surface area is 103 Å². The van der Waals surface area contributed by atoms with E-state index in [1.165, 1.54) is 0 Å². The van der Waals surface area contributed by atoms with Crippen LogP contribution >= 0.6 is 0 Å². The first-order chi connectivity index (χ1) is 7.97. The fourth-order valence-electron chi connectivity index (χ4n) is 1.58. The lowest BCUT2D eigenvalue weighted by molar-refractivity contribution is 0.232. The van der Waals surface area contributed by atoms with Crippen LogP contribution in [0, 0.1) is 0 Å². The maximum absolute atomic E-state index is 5.74. The molecular weight excluding hydrogens is 216 g/mol. The van der Waals surface area contributed by atoms with Gasteiger partial charge >= 0.3 is 0 Å². The summed E-state index contributed by atoms with van der Waals surface area (Å²) in [5.74, 6) is 1.26. The number of hydrogen-bond donors (Lipinski definition) is 2. The topological polar surface area (TPSA) is 73.1 Å². The van der Waals surface area contributed by atoms with E-state index in [0.29, 0.717) is 5.88 Å². The first kappa shape index (κ1) is 13.7. The molecule has 0 spiro atoms. The van der Waals surface area contributed by atoms with Crippen LogP contribution in [0.15, 0.2) is 12.4 Å². The molecule has 0 amide bonds. The van der Waals surface area contributed by atoms with Gasteiger partial charge in [-0.05, 0) is 34.1 Å². The third-order valence-electron chi connectivity index (χ3n) is 2.09. The van der Waals surface area contributed by atoms with Gasteiger partial charge in [-0.3, -0.25) is 4.98 Å². The molecule has 0 saturated carbocycles. The first-order valence-corrected chi connectivity index (χ1v) is 5.98. The van der Waals surface area contributed by atoms with Gasteiger partial charge in [-0.2, -0.15) is 4.98 Å². The zero-order valence-corrected chi connectivity index (χ0v) is 11.0. The highest BCUT2D eigenvalue weighted by molar-refractivity contribution is 5.34. The summed E-state index contributed by atoms with van der Waals surface area (Å²) >= 11 is 0. The monoisotopic (exact) mass is 238 g/mol. The van der Waals surface area contributed by atoms with E-state index in [1.54, 1.807) is 12.4 Å². The lowest BCUT2D eigenvalue weighted by Gasteiger charge is -2.17. The minimum atomic E-state index is 0.0982. The summed E-state index contributed by atoms with van der Waals surface area (Å²) in [6.07, 6.45) is 4.28. The van der Waals surface area contributed by atoms with Crippen LogP contribution in [-0.4, -0.2) is 28.2 Å². The Morgan fingerprint density at radius 3 is 2.59 bits per heavy atom. The SMILES string of the molecule is CC(N)CC(C)Nc1cncc(OC(C)C)n1. The van der Waals surface area contributed by atoms with Crippen LogP contribution in [0.25, 0.3) is 0 Å². The standard InChI is InChI=1S/C12H22N4O/c1-8(2)17-12-7-14-6-11(16-12)15-10(4)5-9(3)13/h6-10H,5,13H2,1-4H3,(H,15,16). The predicted molar refractivity (Wildman–Crippen MR) is 69.1 cm³/mol. The molecule has 96 valence electrons. The first-order valence-electron chi connectivity index (χ1n) is 5.98. The molecule has 0 bridgehead atoms. The van der Waals surface area contributed by atoms with E-state index in [9.17, 15) is 0 Å². The maximum atomic E-state index is 5.74. The molecule has 0 aliphatic rings. The number of rotatable bonds is 6. The molecule has 1 rings (SSSR count). The Bertz CT molecular complexity index is 341. The zero-order valence-electron chi connectivity index (χ0n) is 11.0. The number of ether oxygens (including phenoxy) is 1. The average molecular weight is 238 g/mol. The van der Waals surface area contributed by atoms with Crippen molar-refractivity contribution in [3.05, 3.63) is 12.4 Å². The molecule has 1 aromatic rings. The largest absolute Gasteiger partial charge is 0.474 e. The van der Waals surface area contributed by atoms with Crippen molar-refractivity contribution in [3.8, 4) is 5.88 Å². The third-order valence-corrected chi connectivity index (χ3v) is 2.09. The van der Waals surface area contributed by atoms with E-state index >= 15 is 0 Å². The number of nitrogens with one attached hydrogen (secondary N) is 1. The number of nitrogens with zero attached hydrogens (tertiary/aromatic N) is 2. The van der Waals surface area contributed by atoms with Crippen molar-refractivity contribution in [1.82, 2.24) is 9.97 Å². The van der Waals surface area contributed by atoms with Gasteiger partial charge in [-0.15, -0.1) is 0 Å². The zero-order chi connectivity index (χ0) is 12.8. The van der Waals surface area contributed by atoms with Gasteiger partial charge in [0.2, 0.25) is 5.88 Å². The van der Waals surface area contributed by atoms with Crippen molar-refractivity contribution in [3.63, 3.8) is 0 Å². The summed E-state index contributed by atoms with van der Waals surface area (Å²) in [5, 5.41) is 3.25. The van der Waals surface area contributed by atoms with Gasteiger partial charge in [-0.25, -0.2) is 0 Å². The van der Waals surface area contributed by atoms with Crippen LogP contribution in [0.1, 0.15) is 34.1 Å². The number of nitrogens with two attached hydrogens (primary N) is 1. The second-order valence-corrected chi connectivity index (χ2v) is 4.67.